The molecule has 2 aromatic rings. The van der Waals surface area contributed by atoms with Crippen molar-refractivity contribution in [2.45, 2.75) is 25.4 Å². The Labute approximate surface area is 113 Å². The lowest BCUT2D eigenvalue weighted by Crippen LogP contribution is -2.08. The molecule has 0 bridgehead atoms. The number of halogens is 1. The van der Waals surface area contributed by atoms with E-state index in [1.165, 1.54) is 12.1 Å². The summed E-state index contributed by atoms with van der Waals surface area (Å²) < 4.78 is 15.0. The second kappa shape index (κ2) is 4.87. The second-order valence-corrected chi connectivity index (χ2v) is 4.66. The van der Waals surface area contributed by atoms with Crippen molar-refractivity contribution in [1.82, 2.24) is 14.8 Å². The maximum Gasteiger partial charge on any atom is 0.295 e. The monoisotopic (exact) mass is 277 g/mol. The van der Waals surface area contributed by atoms with Gasteiger partial charge in [-0.15, -0.1) is 10.2 Å². The Morgan fingerprint density at radius 3 is 3.00 bits per heavy atom. The maximum atomic E-state index is 13.0. The molecule has 104 valence electrons. The molecule has 0 amide bonds. The smallest absolute Gasteiger partial charge is 0.295 e. The molecule has 1 heterocycles. The van der Waals surface area contributed by atoms with E-state index in [1.807, 2.05) is 4.57 Å². The highest BCUT2D eigenvalue weighted by atomic mass is 19.1. The molecule has 1 aliphatic rings. The Hall–Kier alpha value is -2.51. The number of hydrogen-bond acceptors (Lipinski definition) is 5. The van der Waals surface area contributed by atoms with E-state index >= 15 is 0 Å². The van der Waals surface area contributed by atoms with Gasteiger partial charge in [0, 0.05) is 6.04 Å². The van der Waals surface area contributed by atoms with Crippen molar-refractivity contribution >= 4 is 11.4 Å². The van der Waals surface area contributed by atoms with Crippen LogP contribution in [0.15, 0.2) is 24.5 Å². The fourth-order valence-electron chi connectivity index (χ4n) is 2.03. The van der Waals surface area contributed by atoms with Crippen LogP contribution in [0.25, 0.3) is 0 Å². The lowest BCUT2D eigenvalue weighted by Gasteiger charge is -2.08. The van der Waals surface area contributed by atoms with Crippen LogP contribution in [0.2, 0.25) is 0 Å². The van der Waals surface area contributed by atoms with Gasteiger partial charge in [-0.25, -0.2) is 4.39 Å². The Kier molecular flexibility index (Phi) is 3.05. The van der Waals surface area contributed by atoms with Gasteiger partial charge >= 0.3 is 0 Å². The van der Waals surface area contributed by atoms with Gasteiger partial charge in [0.15, 0.2) is 5.82 Å². The first kappa shape index (κ1) is 12.5. The van der Waals surface area contributed by atoms with Crippen molar-refractivity contribution in [1.29, 1.82) is 0 Å². The molecular formula is C12H12FN5O2. The number of nitrogens with one attached hydrogen (secondary N) is 1. The Bertz CT molecular complexity index is 653. The second-order valence-electron chi connectivity index (χ2n) is 4.66. The molecule has 7 nitrogen and oxygen atoms in total. The Morgan fingerprint density at radius 2 is 2.30 bits per heavy atom. The number of nitro groups is 1. The van der Waals surface area contributed by atoms with Gasteiger partial charge in [-0.3, -0.25) is 10.1 Å². The van der Waals surface area contributed by atoms with Crippen LogP contribution in [0.5, 0.6) is 0 Å². The first-order valence-corrected chi connectivity index (χ1v) is 6.21. The van der Waals surface area contributed by atoms with Gasteiger partial charge in [-0.05, 0) is 25.0 Å². The Morgan fingerprint density at radius 1 is 1.50 bits per heavy atom. The molecule has 0 unspecified atom stereocenters. The van der Waals surface area contributed by atoms with Crippen molar-refractivity contribution in [2.75, 3.05) is 5.32 Å². The molecule has 3 rings (SSSR count). The molecular weight excluding hydrogens is 265 g/mol. The summed E-state index contributed by atoms with van der Waals surface area (Å²) in [4.78, 5) is 10.3. The third kappa shape index (κ3) is 2.44. The van der Waals surface area contributed by atoms with E-state index in [0.29, 0.717) is 18.4 Å². The third-order valence-electron chi connectivity index (χ3n) is 3.18. The van der Waals surface area contributed by atoms with Crippen LogP contribution in [0.4, 0.5) is 15.8 Å². The number of benzene rings is 1. The minimum Gasteiger partial charge on any atom is -0.372 e. The van der Waals surface area contributed by atoms with Crippen LogP contribution >= 0.6 is 0 Å². The van der Waals surface area contributed by atoms with E-state index in [1.54, 1.807) is 6.33 Å². The van der Waals surface area contributed by atoms with Crippen LogP contribution < -0.4 is 5.32 Å². The van der Waals surface area contributed by atoms with E-state index < -0.39 is 10.7 Å². The summed E-state index contributed by atoms with van der Waals surface area (Å²) in [6.07, 6.45) is 3.86. The standard InChI is InChI=1S/C12H12FN5O2/c13-8-1-4-10(11(5-8)18(19)20)14-6-12-16-15-7-17(12)9-2-3-9/h1,4-5,7,9,14H,2-3,6H2. The zero-order valence-electron chi connectivity index (χ0n) is 10.5. The molecule has 1 saturated carbocycles. The van der Waals surface area contributed by atoms with Gasteiger partial charge in [-0.1, -0.05) is 0 Å². The number of nitro benzene ring substituents is 1. The third-order valence-corrected chi connectivity index (χ3v) is 3.18. The molecule has 20 heavy (non-hydrogen) atoms. The highest BCUT2D eigenvalue weighted by molar-refractivity contribution is 5.61. The van der Waals surface area contributed by atoms with Crippen LogP contribution in [0.1, 0.15) is 24.7 Å². The molecule has 0 aliphatic heterocycles. The molecule has 1 aliphatic carbocycles. The SMILES string of the molecule is O=[N+]([O-])c1cc(F)ccc1NCc1nncn1C1CC1. The molecule has 1 fully saturated rings. The summed E-state index contributed by atoms with van der Waals surface area (Å²) in [6.45, 7) is 0.309. The zero-order chi connectivity index (χ0) is 14.1. The van der Waals surface area contributed by atoms with Crippen LogP contribution in [0.3, 0.4) is 0 Å². The van der Waals surface area contributed by atoms with Gasteiger partial charge in [0.05, 0.1) is 17.5 Å². The number of anilines is 1. The van der Waals surface area contributed by atoms with Crippen LogP contribution in [0, 0.1) is 15.9 Å². The summed E-state index contributed by atoms with van der Waals surface area (Å²) >= 11 is 0. The average Bonchev–Trinajstić information content (AvgIpc) is 3.16. The van der Waals surface area contributed by atoms with Crippen molar-refractivity contribution in [3.8, 4) is 0 Å². The van der Waals surface area contributed by atoms with Gasteiger partial charge in [0.25, 0.3) is 5.69 Å². The maximum absolute atomic E-state index is 13.0. The zero-order valence-corrected chi connectivity index (χ0v) is 10.5. The highest BCUT2D eigenvalue weighted by Gasteiger charge is 2.26. The highest BCUT2D eigenvalue weighted by Crippen LogP contribution is 2.35. The minimum absolute atomic E-state index is 0.266. The van der Waals surface area contributed by atoms with E-state index in [-0.39, 0.29) is 11.4 Å². The van der Waals surface area contributed by atoms with Crippen molar-refractivity contribution < 1.29 is 9.31 Å². The summed E-state index contributed by atoms with van der Waals surface area (Å²) in [7, 11) is 0. The Balaban J connectivity index is 1.78. The predicted molar refractivity (Wildman–Crippen MR) is 68.7 cm³/mol. The van der Waals surface area contributed by atoms with Crippen molar-refractivity contribution in [3.05, 3.63) is 46.3 Å². The minimum atomic E-state index is -0.636. The summed E-state index contributed by atoms with van der Waals surface area (Å²) in [5.41, 5.74) is -0.0239. The van der Waals surface area contributed by atoms with Gasteiger partial charge < -0.3 is 9.88 Å². The largest absolute Gasteiger partial charge is 0.372 e. The normalized spacial score (nSPS) is 14.2. The fourth-order valence-corrected chi connectivity index (χ4v) is 2.03. The van der Waals surface area contributed by atoms with E-state index in [2.05, 4.69) is 15.5 Å². The molecule has 0 spiro atoms. The van der Waals surface area contributed by atoms with Gasteiger partial charge in [0.1, 0.15) is 17.8 Å². The van der Waals surface area contributed by atoms with Crippen LogP contribution in [-0.4, -0.2) is 19.7 Å². The summed E-state index contributed by atoms with van der Waals surface area (Å²) in [5, 5.41) is 21.6. The van der Waals surface area contributed by atoms with E-state index in [4.69, 9.17) is 0 Å². The van der Waals surface area contributed by atoms with Gasteiger partial charge in [0.2, 0.25) is 0 Å². The van der Waals surface area contributed by atoms with Crippen molar-refractivity contribution in [3.63, 3.8) is 0 Å². The average molecular weight is 277 g/mol. The molecule has 1 N–H and O–H groups in total. The molecule has 0 saturated heterocycles. The summed E-state index contributed by atoms with van der Waals surface area (Å²) in [6, 6.07) is 3.87. The molecule has 1 aromatic heterocycles. The topological polar surface area (TPSA) is 85.9 Å². The number of nitrogens with zero attached hydrogens (tertiary/aromatic N) is 4. The molecule has 8 heteroatoms. The lowest BCUT2D eigenvalue weighted by molar-refractivity contribution is -0.384. The summed E-state index contributed by atoms with van der Waals surface area (Å²) in [5.74, 6) is 0.0783. The number of rotatable bonds is 5. The number of aromatic nitrogens is 3. The molecule has 0 radical (unpaired) electrons. The number of hydrogen-bond donors (Lipinski definition) is 1. The first-order valence-electron chi connectivity index (χ1n) is 6.21. The fraction of sp³-hybridized carbons (Fsp3) is 0.333. The molecule has 0 atom stereocenters. The van der Waals surface area contributed by atoms with E-state index in [0.717, 1.165) is 18.9 Å². The van der Waals surface area contributed by atoms with Crippen molar-refractivity contribution in [2.24, 2.45) is 0 Å². The van der Waals surface area contributed by atoms with E-state index in [9.17, 15) is 14.5 Å². The predicted octanol–water partition coefficient (Wildman–Crippen LogP) is 2.27. The molecule has 1 aromatic carbocycles. The van der Waals surface area contributed by atoms with Gasteiger partial charge in [-0.2, -0.15) is 0 Å². The van der Waals surface area contributed by atoms with Crippen LogP contribution in [-0.2, 0) is 6.54 Å². The first-order chi connectivity index (χ1) is 9.65. The lowest BCUT2D eigenvalue weighted by atomic mass is 10.2. The quantitative estimate of drug-likeness (QED) is 0.669.